The maximum absolute atomic E-state index is 13.2. The Hall–Kier alpha value is -2.06. The zero-order valence-corrected chi connectivity index (χ0v) is 8.54. The molecule has 0 fully saturated rings. The molecule has 0 atom stereocenters. The Morgan fingerprint density at radius 3 is 1.95 bits per heavy atom. The van der Waals surface area contributed by atoms with Crippen molar-refractivity contribution in [2.75, 3.05) is 0 Å². The van der Waals surface area contributed by atoms with Crippen LogP contribution in [0.5, 0.6) is 0 Å². The van der Waals surface area contributed by atoms with Gasteiger partial charge in [0.15, 0.2) is 22.6 Å². The fourth-order valence-corrected chi connectivity index (χ4v) is 1.40. The van der Waals surface area contributed by atoms with Crippen molar-refractivity contribution in [3.05, 3.63) is 45.3 Å². The average molecular weight is 286 g/mol. The Morgan fingerprint density at radius 1 is 0.895 bits per heavy atom. The van der Waals surface area contributed by atoms with Crippen molar-refractivity contribution in [2.45, 2.75) is 6.18 Å². The highest BCUT2D eigenvalue weighted by Crippen LogP contribution is 2.32. The summed E-state index contributed by atoms with van der Waals surface area (Å²) < 4.78 is 92.9. The monoisotopic (exact) mass is 286 g/mol. The van der Waals surface area contributed by atoms with E-state index in [0.29, 0.717) is 0 Å². The van der Waals surface area contributed by atoms with E-state index < -0.39 is 51.6 Å². The molecule has 9 heteroatoms. The van der Waals surface area contributed by atoms with Gasteiger partial charge in [-0.05, 0) is 0 Å². The van der Waals surface area contributed by atoms with Crippen LogP contribution in [0.25, 0.3) is 11.0 Å². The van der Waals surface area contributed by atoms with E-state index in [-0.39, 0.29) is 6.07 Å². The highest BCUT2D eigenvalue weighted by molar-refractivity contribution is 5.78. The number of rotatable bonds is 0. The Bertz CT molecular complexity index is 729. The second kappa shape index (κ2) is 3.97. The molecule has 1 heterocycles. The number of alkyl halides is 3. The molecule has 0 aliphatic rings. The second-order valence-corrected chi connectivity index (χ2v) is 3.43. The van der Waals surface area contributed by atoms with Gasteiger partial charge in [-0.25, -0.2) is 13.2 Å². The van der Waals surface area contributed by atoms with E-state index in [1.54, 1.807) is 0 Å². The van der Waals surface area contributed by atoms with Crippen molar-refractivity contribution in [1.82, 2.24) is 0 Å². The lowest BCUT2D eigenvalue weighted by molar-refractivity contribution is -0.153. The lowest BCUT2D eigenvalue weighted by Gasteiger charge is -2.08. The standard InChI is InChI=1S/C10HF7O2/c11-5-4-2(18)1-3(10(15,16)17)19-9(4)8(14)7(13)6(5)12/h1H. The predicted molar refractivity (Wildman–Crippen MR) is 47.3 cm³/mol. The summed E-state index contributed by atoms with van der Waals surface area (Å²) in [5, 5.41) is -1.43. The van der Waals surface area contributed by atoms with Crippen LogP contribution < -0.4 is 5.43 Å². The largest absolute Gasteiger partial charge is 0.449 e. The van der Waals surface area contributed by atoms with Crippen molar-refractivity contribution in [2.24, 2.45) is 0 Å². The van der Waals surface area contributed by atoms with E-state index in [4.69, 9.17) is 0 Å². The molecule has 0 aliphatic heterocycles. The maximum Gasteiger partial charge on any atom is 0.449 e. The fraction of sp³-hybridized carbons (Fsp3) is 0.100. The smallest absolute Gasteiger partial charge is 0.448 e. The van der Waals surface area contributed by atoms with Gasteiger partial charge >= 0.3 is 6.18 Å². The molecule has 1 aromatic carbocycles. The van der Waals surface area contributed by atoms with Gasteiger partial charge in [-0.15, -0.1) is 0 Å². The minimum Gasteiger partial charge on any atom is -0.448 e. The molecular weight excluding hydrogens is 285 g/mol. The molecule has 2 aromatic rings. The number of fused-ring (bicyclic) bond motifs is 1. The van der Waals surface area contributed by atoms with Crippen LogP contribution in [0, 0.1) is 23.3 Å². The molecular formula is C10HF7O2. The van der Waals surface area contributed by atoms with E-state index in [9.17, 15) is 35.5 Å². The summed E-state index contributed by atoms with van der Waals surface area (Å²) in [6.07, 6.45) is -5.17. The molecule has 0 N–H and O–H groups in total. The fourth-order valence-electron chi connectivity index (χ4n) is 1.40. The summed E-state index contributed by atoms with van der Waals surface area (Å²) in [5.41, 5.74) is -3.31. The zero-order valence-electron chi connectivity index (χ0n) is 8.54. The van der Waals surface area contributed by atoms with E-state index in [0.717, 1.165) is 0 Å². The predicted octanol–water partition coefficient (Wildman–Crippen LogP) is 3.37. The van der Waals surface area contributed by atoms with Gasteiger partial charge in [-0.3, -0.25) is 4.79 Å². The Labute approximate surface area is 98.6 Å². The van der Waals surface area contributed by atoms with E-state index in [2.05, 4.69) is 4.42 Å². The first kappa shape index (κ1) is 13.4. The van der Waals surface area contributed by atoms with Crippen molar-refractivity contribution >= 4 is 11.0 Å². The minimum absolute atomic E-state index is 0.178. The summed E-state index contributed by atoms with van der Waals surface area (Å²) in [6.45, 7) is 0. The van der Waals surface area contributed by atoms with Crippen LogP contribution in [0.4, 0.5) is 30.7 Å². The summed E-state index contributed by atoms with van der Waals surface area (Å²) in [4.78, 5) is 11.2. The highest BCUT2D eigenvalue weighted by atomic mass is 19.4. The Kier molecular flexibility index (Phi) is 2.79. The molecule has 2 rings (SSSR count). The lowest BCUT2D eigenvalue weighted by Crippen LogP contribution is -2.14. The molecule has 0 aliphatic carbocycles. The topological polar surface area (TPSA) is 30.2 Å². The van der Waals surface area contributed by atoms with Crippen LogP contribution in [-0.4, -0.2) is 0 Å². The van der Waals surface area contributed by atoms with Crippen LogP contribution in [0.15, 0.2) is 15.3 Å². The maximum atomic E-state index is 13.2. The van der Waals surface area contributed by atoms with Gasteiger partial charge in [-0.2, -0.15) is 17.6 Å². The van der Waals surface area contributed by atoms with Crippen LogP contribution in [-0.2, 0) is 6.18 Å². The molecule has 1 aromatic heterocycles. The zero-order chi connectivity index (χ0) is 14.5. The lowest BCUT2D eigenvalue weighted by atomic mass is 10.2. The number of hydrogen-bond donors (Lipinski definition) is 0. The van der Waals surface area contributed by atoms with Gasteiger partial charge in [0.05, 0.1) is 0 Å². The van der Waals surface area contributed by atoms with Crippen molar-refractivity contribution in [3.63, 3.8) is 0 Å². The summed E-state index contributed by atoms with van der Waals surface area (Å²) in [6, 6.07) is -0.178. The molecule has 0 saturated heterocycles. The Balaban J connectivity index is 3.02. The third kappa shape index (κ3) is 1.94. The van der Waals surface area contributed by atoms with Crippen LogP contribution in [0.1, 0.15) is 5.76 Å². The quantitative estimate of drug-likeness (QED) is 0.422. The third-order valence-corrected chi connectivity index (χ3v) is 2.22. The van der Waals surface area contributed by atoms with Gasteiger partial charge in [0.25, 0.3) is 0 Å². The van der Waals surface area contributed by atoms with Crippen LogP contribution in [0.2, 0.25) is 0 Å². The van der Waals surface area contributed by atoms with Gasteiger partial charge < -0.3 is 4.42 Å². The molecule has 2 nitrogen and oxygen atoms in total. The van der Waals surface area contributed by atoms with Crippen molar-refractivity contribution in [3.8, 4) is 0 Å². The molecule has 0 radical (unpaired) electrons. The Morgan fingerprint density at radius 2 is 1.42 bits per heavy atom. The summed E-state index contributed by atoms with van der Waals surface area (Å²) in [7, 11) is 0. The first-order valence-corrected chi connectivity index (χ1v) is 4.51. The van der Waals surface area contributed by atoms with E-state index >= 15 is 0 Å². The third-order valence-electron chi connectivity index (χ3n) is 2.22. The highest BCUT2D eigenvalue weighted by Gasteiger charge is 2.36. The summed E-state index contributed by atoms with van der Waals surface area (Å²) >= 11 is 0. The van der Waals surface area contributed by atoms with Gasteiger partial charge in [-0.1, -0.05) is 0 Å². The van der Waals surface area contributed by atoms with Gasteiger partial charge in [0.1, 0.15) is 5.39 Å². The first-order chi connectivity index (χ1) is 8.64. The molecule has 19 heavy (non-hydrogen) atoms. The average Bonchev–Trinajstić information content (AvgIpc) is 2.31. The van der Waals surface area contributed by atoms with E-state index in [1.807, 2.05) is 0 Å². The molecule has 0 unspecified atom stereocenters. The van der Waals surface area contributed by atoms with E-state index in [1.165, 1.54) is 0 Å². The summed E-state index contributed by atoms with van der Waals surface area (Å²) in [5.74, 6) is -11.0. The second-order valence-electron chi connectivity index (χ2n) is 3.43. The van der Waals surface area contributed by atoms with Crippen molar-refractivity contribution < 1.29 is 35.2 Å². The SMILES string of the molecule is O=c1cc(C(F)(F)F)oc2c(F)c(F)c(F)c(F)c12. The molecule has 0 saturated carbocycles. The minimum atomic E-state index is -5.17. The van der Waals surface area contributed by atoms with Crippen molar-refractivity contribution in [1.29, 1.82) is 0 Å². The number of hydrogen-bond acceptors (Lipinski definition) is 2. The number of benzene rings is 1. The molecule has 0 spiro atoms. The molecule has 0 bridgehead atoms. The van der Waals surface area contributed by atoms with Crippen LogP contribution >= 0.6 is 0 Å². The normalized spacial score (nSPS) is 12.2. The molecule has 0 amide bonds. The first-order valence-electron chi connectivity index (χ1n) is 4.51. The van der Waals surface area contributed by atoms with Crippen LogP contribution in [0.3, 0.4) is 0 Å². The number of halogens is 7. The van der Waals surface area contributed by atoms with Gasteiger partial charge in [0.2, 0.25) is 17.4 Å². The molecule has 102 valence electrons. The van der Waals surface area contributed by atoms with Gasteiger partial charge in [0, 0.05) is 6.07 Å².